The molecule has 3 atom stereocenters. The van der Waals surface area contributed by atoms with Crippen molar-refractivity contribution in [1.29, 1.82) is 0 Å². The Labute approximate surface area is 181 Å². The maximum atomic E-state index is 13.8. The van der Waals surface area contributed by atoms with E-state index >= 15 is 0 Å². The van der Waals surface area contributed by atoms with E-state index in [-0.39, 0.29) is 23.4 Å². The molecule has 2 heterocycles. The number of benzene rings is 2. The fourth-order valence-corrected chi connectivity index (χ4v) is 6.95. The van der Waals surface area contributed by atoms with Gasteiger partial charge in [0.15, 0.2) is 11.5 Å². The monoisotopic (exact) mass is 442 g/mol. The Hall–Kier alpha value is -2.76. The molecule has 2 aromatic carbocycles. The molecule has 2 unspecified atom stereocenters. The summed E-state index contributed by atoms with van der Waals surface area (Å²) in [6.07, 6.45) is 2.96. The normalized spacial score (nSPS) is 21.7. The van der Waals surface area contributed by atoms with Crippen molar-refractivity contribution in [2.75, 3.05) is 32.2 Å². The van der Waals surface area contributed by atoms with Gasteiger partial charge in [0.05, 0.1) is 43.4 Å². The molecule has 8 heteroatoms. The number of phenolic OH excluding ortho intramolecular Hbond substituents is 1. The number of phenols is 1. The molecule has 1 aliphatic rings. The lowest BCUT2D eigenvalue weighted by atomic mass is 10.1. The lowest BCUT2D eigenvalue weighted by molar-refractivity contribution is 0.250. The van der Waals surface area contributed by atoms with Crippen LogP contribution < -0.4 is 14.8 Å². The SMILES string of the molecule is COc1cc(C(CNc2cnc3ccccc3c2)P2(=O)CC[C@@H](C)O2)cc(OC)c1O. The van der Waals surface area contributed by atoms with E-state index in [0.29, 0.717) is 12.7 Å². The van der Waals surface area contributed by atoms with Gasteiger partial charge in [-0.25, -0.2) is 0 Å². The molecule has 0 aliphatic carbocycles. The van der Waals surface area contributed by atoms with Crippen LogP contribution >= 0.6 is 7.37 Å². The van der Waals surface area contributed by atoms with E-state index < -0.39 is 13.0 Å². The van der Waals surface area contributed by atoms with Crippen molar-refractivity contribution < 1.29 is 23.7 Å². The zero-order chi connectivity index (χ0) is 22.0. The Morgan fingerprint density at radius 3 is 2.58 bits per heavy atom. The minimum absolute atomic E-state index is 0.0587. The molecule has 1 saturated heterocycles. The van der Waals surface area contributed by atoms with Gasteiger partial charge in [0.25, 0.3) is 0 Å². The van der Waals surface area contributed by atoms with Crippen LogP contribution in [0.5, 0.6) is 17.2 Å². The molecular formula is C23H27N2O5P. The van der Waals surface area contributed by atoms with E-state index in [0.717, 1.165) is 28.6 Å². The second-order valence-corrected chi connectivity index (χ2v) is 10.5. The lowest BCUT2D eigenvalue weighted by Gasteiger charge is -2.26. The van der Waals surface area contributed by atoms with E-state index in [2.05, 4.69) is 10.3 Å². The van der Waals surface area contributed by atoms with E-state index in [1.54, 1.807) is 18.3 Å². The van der Waals surface area contributed by atoms with Gasteiger partial charge >= 0.3 is 0 Å². The van der Waals surface area contributed by atoms with E-state index in [1.165, 1.54) is 14.2 Å². The van der Waals surface area contributed by atoms with Gasteiger partial charge in [-0.2, -0.15) is 0 Å². The zero-order valence-corrected chi connectivity index (χ0v) is 18.8. The number of rotatable bonds is 7. The highest BCUT2D eigenvalue weighted by molar-refractivity contribution is 7.59. The highest BCUT2D eigenvalue weighted by Gasteiger charge is 2.42. The number of anilines is 1. The van der Waals surface area contributed by atoms with E-state index in [1.807, 2.05) is 37.3 Å². The Kier molecular flexibility index (Phi) is 6.08. The quantitative estimate of drug-likeness (QED) is 0.486. The maximum absolute atomic E-state index is 13.8. The molecule has 164 valence electrons. The summed E-state index contributed by atoms with van der Waals surface area (Å²) in [5, 5.41) is 14.7. The van der Waals surface area contributed by atoms with Crippen LogP contribution in [0.25, 0.3) is 10.9 Å². The summed E-state index contributed by atoms with van der Waals surface area (Å²) in [5.74, 6) is 0.453. The third-order valence-electron chi connectivity index (χ3n) is 5.66. The smallest absolute Gasteiger partial charge is 0.212 e. The van der Waals surface area contributed by atoms with Crippen LogP contribution in [0.3, 0.4) is 0 Å². The number of para-hydroxylation sites is 1. The predicted octanol–water partition coefficient (Wildman–Crippen LogP) is 5.20. The first-order valence-electron chi connectivity index (χ1n) is 10.2. The molecule has 2 N–H and O–H groups in total. The Morgan fingerprint density at radius 2 is 1.94 bits per heavy atom. The number of aromatic hydroxyl groups is 1. The summed E-state index contributed by atoms with van der Waals surface area (Å²) in [6.45, 7) is 2.32. The first kappa shape index (κ1) is 21.5. The van der Waals surface area contributed by atoms with Gasteiger partial charge in [-0.15, -0.1) is 0 Å². The molecular weight excluding hydrogens is 415 g/mol. The molecule has 0 spiro atoms. The van der Waals surface area contributed by atoms with Gasteiger partial charge < -0.3 is 24.4 Å². The number of nitrogens with one attached hydrogen (secondary N) is 1. The van der Waals surface area contributed by atoms with Gasteiger partial charge in [-0.1, -0.05) is 18.2 Å². The van der Waals surface area contributed by atoms with Crippen molar-refractivity contribution in [3.63, 3.8) is 0 Å². The number of hydrogen-bond donors (Lipinski definition) is 2. The summed E-state index contributed by atoms with van der Waals surface area (Å²) >= 11 is 0. The van der Waals surface area contributed by atoms with Crippen molar-refractivity contribution in [3.05, 3.63) is 54.2 Å². The summed E-state index contributed by atoms with van der Waals surface area (Å²) < 4.78 is 30.4. The van der Waals surface area contributed by atoms with Gasteiger partial charge in [0, 0.05) is 18.1 Å². The molecule has 31 heavy (non-hydrogen) atoms. The van der Waals surface area contributed by atoms with Crippen LogP contribution in [0.15, 0.2) is 48.7 Å². The number of nitrogens with zero attached hydrogens (tertiary/aromatic N) is 1. The van der Waals surface area contributed by atoms with Crippen LogP contribution in [0, 0.1) is 0 Å². The number of aromatic nitrogens is 1. The Bertz CT molecular complexity index is 1110. The molecule has 0 amide bonds. The number of fused-ring (bicyclic) bond motifs is 1. The minimum atomic E-state index is -2.99. The molecule has 3 aromatic rings. The predicted molar refractivity (Wildman–Crippen MR) is 122 cm³/mol. The highest BCUT2D eigenvalue weighted by Crippen LogP contribution is 2.65. The molecule has 0 saturated carbocycles. The van der Waals surface area contributed by atoms with Gasteiger partial charge in [0.1, 0.15) is 0 Å². The first-order chi connectivity index (χ1) is 14.9. The number of hydrogen-bond acceptors (Lipinski definition) is 7. The zero-order valence-electron chi connectivity index (χ0n) is 17.9. The van der Waals surface area contributed by atoms with E-state index in [4.69, 9.17) is 14.0 Å². The average molecular weight is 442 g/mol. The third-order valence-corrected chi connectivity index (χ3v) is 8.69. The maximum Gasteiger partial charge on any atom is 0.212 e. The van der Waals surface area contributed by atoms with E-state index in [9.17, 15) is 9.67 Å². The fourth-order valence-electron chi connectivity index (χ4n) is 3.97. The topological polar surface area (TPSA) is 89.9 Å². The Morgan fingerprint density at radius 1 is 1.23 bits per heavy atom. The van der Waals surface area contributed by atoms with Crippen LogP contribution in [0.1, 0.15) is 24.6 Å². The van der Waals surface area contributed by atoms with Crippen molar-refractivity contribution in [2.45, 2.75) is 25.1 Å². The second kappa shape index (κ2) is 8.77. The minimum Gasteiger partial charge on any atom is -0.502 e. The molecule has 1 fully saturated rings. The van der Waals surface area contributed by atoms with Crippen molar-refractivity contribution in [2.24, 2.45) is 0 Å². The fraction of sp³-hybridized carbons (Fsp3) is 0.348. The van der Waals surface area contributed by atoms with Crippen LogP contribution in [-0.2, 0) is 9.09 Å². The molecule has 1 aromatic heterocycles. The largest absolute Gasteiger partial charge is 0.502 e. The van der Waals surface area contributed by atoms with Gasteiger partial charge in [-0.05, 0) is 43.2 Å². The second-order valence-electron chi connectivity index (χ2n) is 7.74. The lowest BCUT2D eigenvalue weighted by Crippen LogP contribution is -2.15. The standard InChI is InChI=1S/C23H27N2O5P/c1-15-8-9-31(27,30-15)22(17-11-20(28-2)23(26)21(12-17)29-3)14-24-18-10-16-6-4-5-7-19(16)25-13-18/h4-7,10-13,15,22,24,26H,8-9,14H2,1-3H3/t15-,22?,31?/m1/s1. The highest BCUT2D eigenvalue weighted by atomic mass is 31.2. The number of methoxy groups -OCH3 is 2. The summed E-state index contributed by atoms with van der Waals surface area (Å²) in [5.41, 5.74) is 2.04. The average Bonchev–Trinajstić information content (AvgIpc) is 3.13. The van der Waals surface area contributed by atoms with Crippen LogP contribution in [-0.4, -0.2) is 43.1 Å². The molecule has 0 radical (unpaired) electrons. The molecule has 0 bridgehead atoms. The van der Waals surface area contributed by atoms with Gasteiger partial charge in [-0.3, -0.25) is 9.55 Å². The summed E-state index contributed by atoms with van der Waals surface area (Å²) in [4.78, 5) is 4.49. The summed E-state index contributed by atoms with van der Waals surface area (Å²) in [6, 6.07) is 13.3. The Balaban J connectivity index is 1.69. The molecule has 1 aliphatic heterocycles. The van der Waals surface area contributed by atoms with Crippen molar-refractivity contribution in [3.8, 4) is 17.2 Å². The molecule has 7 nitrogen and oxygen atoms in total. The molecule has 4 rings (SSSR count). The number of pyridine rings is 1. The van der Waals surface area contributed by atoms with Gasteiger partial charge in [0.2, 0.25) is 13.1 Å². The summed E-state index contributed by atoms with van der Waals surface area (Å²) in [7, 11) is -0.0452. The van der Waals surface area contributed by atoms with Crippen LogP contribution in [0.4, 0.5) is 5.69 Å². The van der Waals surface area contributed by atoms with Crippen LogP contribution in [0.2, 0.25) is 0 Å². The first-order valence-corrected chi connectivity index (χ1v) is 12.1. The number of ether oxygens (including phenoxy) is 2. The third kappa shape index (κ3) is 4.34. The van der Waals surface area contributed by atoms with Crippen molar-refractivity contribution in [1.82, 2.24) is 4.98 Å². The van der Waals surface area contributed by atoms with Crippen molar-refractivity contribution >= 4 is 24.0 Å².